The van der Waals surface area contributed by atoms with Gasteiger partial charge in [0.1, 0.15) is 0 Å². The molecule has 120 valence electrons. The molecule has 23 heavy (non-hydrogen) atoms. The van der Waals surface area contributed by atoms with Gasteiger partial charge < -0.3 is 10.0 Å². The molecule has 1 heterocycles. The summed E-state index contributed by atoms with van der Waals surface area (Å²) in [4.78, 5) is 14.6. The molecule has 1 N–H and O–H groups in total. The molecule has 0 saturated heterocycles. The van der Waals surface area contributed by atoms with Crippen molar-refractivity contribution < 1.29 is 9.90 Å². The van der Waals surface area contributed by atoms with Gasteiger partial charge in [0.25, 0.3) is 0 Å². The monoisotopic (exact) mass is 327 g/mol. The molecule has 1 aliphatic rings. The van der Waals surface area contributed by atoms with Gasteiger partial charge in [0, 0.05) is 12.1 Å². The molecule has 1 aliphatic carbocycles. The average molecular weight is 327 g/mol. The number of nitrogens with zero attached hydrogens (tertiary/aromatic N) is 1. The molecule has 0 fully saturated rings. The molecule has 1 aromatic heterocycles. The molecule has 0 saturated carbocycles. The number of allylic oxidation sites excluding steroid dienone is 1. The molecule has 2 aromatic rings. The molecule has 4 heteroatoms. The average Bonchev–Trinajstić information content (AvgIpc) is 3.27. The highest BCUT2D eigenvalue weighted by atomic mass is 32.1. The number of hydrogen-bond acceptors (Lipinski definition) is 3. The van der Waals surface area contributed by atoms with E-state index in [4.69, 9.17) is 0 Å². The maximum absolute atomic E-state index is 12.8. The quantitative estimate of drug-likeness (QED) is 0.873. The molecular weight excluding hydrogens is 306 g/mol. The third kappa shape index (κ3) is 4.09. The summed E-state index contributed by atoms with van der Waals surface area (Å²) in [6, 6.07) is 11.9. The Labute approximate surface area is 140 Å². The SMILES string of the molecule is O=C(C1=CCCC1)N(Cc1ccccc1)CC(O)c1ccsc1. The topological polar surface area (TPSA) is 40.5 Å². The van der Waals surface area contributed by atoms with E-state index in [1.165, 1.54) is 0 Å². The molecule has 0 bridgehead atoms. The first kappa shape index (κ1) is 16.0. The zero-order valence-electron chi connectivity index (χ0n) is 13.0. The second-order valence-electron chi connectivity index (χ2n) is 5.87. The van der Waals surface area contributed by atoms with E-state index in [0.717, 1.165) is 36.0 Å². The third-order valence-electron chi connectivity index (χ3n) is 4.14. The van der Waals surface area contributed by atoms with E-state index in [0.29, 0.717) is 13.1 Å². The molecular formula is C19H21NO2S. The van der Waals surface area contributed by atoms with Gasteiger partial charge in [0.05, 0.1) is 12.6 Å². The third-order valence-corrected chi connectivity index (χ3v) is 4.84. The Morgan fingerprint density at radius 2 is 2.09 bits per heavy atom. The molecule has 3 nitrogen and oxygen atoms in total. The standard InChI is InChI=1S/C19H21NO2S/c21-18(17-10-11-23-14-17)13-20(12-15-6-2-1-3-7-15)19(22)16-8-4-5-9-16/h1-3,6-8,10-11,14,18,21H,4-5,9,12-13H2. The molecule has 3 rings (SSSR count). The summed E-state index contributed by atoms with van der Waals surface area (Å²) in [5, 5.41) is 14.3. The lowest BCUT2D eigenvalue weighted by molar-refractivity contribution is -0.129. The second kappa shape index (κ2) is 7.57. The van der Waals surface area contributed by atoms with Gasteiger partial charge in [-0.3, -0.25) is 4.79 Å². The van der Waals surface area contributed by atoms with Crippen molar-refractivity contribution in [3.63, 3.8) is 0 Å². The van der Waals surface area contributed by atoms with E-state index in [9.17, 15) is 9.90 Å². The maximum atomic E-state index is 12.8. The van der Waals surface area contributed by atoms with E-state index in [-0.39, 0.29) is 5.91 Å². The summed E-state index contributed by atoms with van der Waals surface area (Å²) in [6.45, 7) is 0.847. The fourth-order valence-electron chi connectivity index (χ4n) is 2.87. The van der Waals surface area contributed by atoms with E-state index >= 15 is 0 Å². The lowest BCUT2D eigenvalue weighted by Gasteiger charge is -2.26. The van der Waals surface area contributed by atoms with E-state index < -0.39 is 6.10 Å². The lowest BCUT2D eigenvalue weighted by Crippen LogP contribution is -2.35. The number of benzene rings is 1. The van der Waals surface area contributed by atoms with Gasteiger partial charge in [-0.05, 0) is 47.2 Å². The van der Waals surface area contributed by atoms with Gasteiger partial charge in [-0.2, -0.15) is 11.3 Å². The molecule has 0 aliphatic heterocycles. The van der Waals surface area contributed by atoms with Crippen molar-refractivity contribution in [3.8, 4) is 0 Å². The summed E-state index contributed by atoms with van der Waals surface area (Å²) in [6.07, 6.45) is 4.27. The largest absolute Gasteiger partial charge is 0.387 e. The lowest BCUT2D eigenvalue weighted by atomic mass is 10.1. The maximum Gasteiger partial charge on any atom is 0.249 e. The predicted molar refractivity (Wildman–Crippen MR) is 93.1 cm³/mol. The first-order chi connectivity index (χ1) is 11.2. The smallest absolute Gasteiger partial charge is 0.249 e. The minimum absolute atomic E-state index is 0.0561. The number of aliphatic hydroxyl groups is 1. The Morgan fingerprint density at radius 1 is 1.26 bits per heavy atom. The first-order valence-corrected chi connectivity index (χ1v) is 8.90. The normalized spacial score (nSPS) is 15.3. The molecule has 0 spiro atoms. The van der Waals surface area contributed by atoms with Crippen LogP contribution in [-0.2, 0) is 11.3 Å². The van der Waals surface area contributed by atoms with Crippen molar-refractivity contribution in [1.82, 2.24) is 4.90 Å². The molecule has 1 amide bonds. The van der Waals surface area contributed by atoms with Crippen LogP contribution >= 0.6 is 11.3 Å². The van der Waals surface area contributed by atoms with Crippen LogP contribution in [0.1, 0.15) is 36.5 Å². The van der Waals surface area contributed by atoms with Crippen molar-refractivity contribution in [3.05, 3.63) is 69.9 Å². The van der Waals surface area contributed by atoms with Crippen LogP contribution in [0.15, 0.2) is 58.8 Å². The number of amides is 1. The van der Waals surface area contributed by atoms with Crippen LogP contribution in [0.25, 0.3) is 0 Å². The van der Waals surface area contributed by atoms with Gasteiger partial charge in [-0.15, -0.1) is 0 Å². The number of hydrogen-bond donors (Lipinski definition) is 1. The van der Waals surface area contributed by atoms with Crippen molar-refractivity contribution in [1.29, 1.82) is 0 Å². The zero-order chi connectivity index (χ0) is 16.1. The molecule has 1 atom stereocenters. The highest BCUT2D eigenvalue weighted by Gasteiger charge is 2.23. The Balaban J connectivity index is 1.76. The second-order valence-corrected chi connectivity index (χ2v) is 6.65. The number of carbonyl (C=O) groups is 1. The van der Waals surface area contributed by atoms with E-state index in [2.05, 4.69) is 0 Å². The van der Waals surface area contributed by atoms with Gasteiger partial charge in [0.2, 0.25) is 5.91 Å². The fraction of sp³-hybridized carbons (Fsp3) is 0.316. The number of aliphatic hydroxyl groups excluding tert-OH is 1. The molecule has 0 radical (unpaired) electrons. The highest BCUT2D eigenvalue weighted by molar-refractivity contribution is 7.07. The Kier molecular flexibility index (Phi) is 5.26. The molecule has 1 aromatic carbocycles. The van der Waals surface area contributed by atoms with Crippen LogP contribution < -0.4 is 0 Å². The van der Waals surface area contributed by atoms with Gasteiger partial charge in [-0.1, -0.05) is 36.4 Å². The van der Waals surface area contributed by atoms with Gasteiger partial charge in [-0.25, -0.2) is 0 Å². The minimum atomic E-state index is -0.643. The Hall–Kier alpha value is -1.91. The zero-order valence-corrected chi connectivity index (χ0v) is 13.8. The van der Waals surface area contributed by atoms with Gasteiger partial charge >= 0.3 is 0 Å². The summed E-state index contributed by atoms with van der Waals surface area (Å²) in [7, 11) is 0. The van der Waals surface area contributed by atoms with Crippen LogP contribution in [0.5, 0.6) is 0 Å². The Bertz CT molecular complexity index is 664. The van der Waals surface area contributed by atoms with Crippen LogP contribution in [0, 0.1) is 0 Å². The van der Waals surface area contributed by atoms with E-state index in [1.54, 1.807) is 16.2 Å². The van der Waals surface area contributed by atoms with Crippen LogP contribution in [0.2, 0.25) is 0 Å². The summed E-state index contributed by atoms with van der Waals surface area (Å²) in [5.74, 6) is 0.0561. The van der Waals surface area contributed by atoms with Crippen molar-refractivity contribution in [2.45, 2.75) is 31.9 Å². The summed E-state index contributed by atoms with van der Waals surface area (Å²) < 4.78 is 0. The van der Waals surface area contributed by atoms with Gasteiger partial charge in [0.15, 0.2) is 0 Å². The minimum Gasteiger partial charge on any atom is -0.387 e. The van der Waals surface area contributed by atoms with Crippen molar-refractivity contribution in [2.75, 3.05) is 6.54 Å². The molecule has 1 unspecified atom stereocenters. The van der Waals surface area contributed by atoms with Crippen LogP contribution in [0.3, 0.4) is 0 Å². The van der Waals surface area contributed by atoms with E-state index in [1.807, 2.05) is 53.2 Å². The predicted octanol–water partition coefficient (Wildman–Crippen LogP) is 3.92. The number of rotatable bonds is 6. The van der Waals surface area contributed by atoms with Crippen molar-refractivity contribution in [2.24, 2.45) is 0 Å². The fourth-order valence-corrected chi connectivity index (χ4v) is 3.58. The summed E-state index contributed by atoms with van der Waals surface area (Å²) >= 11 is 1.56. The first-order valence-electron chi connectivity index (χ1n) is 7.96. The Morgan fingerprint density at radius 3 is 2.74 bits per heavy atom. The summed E-state index contributed by atoms with van der Waals surface area (Å²) in [5.41, 5.74) is 2.84. The van der Waals surface area contributed by atoms with Crippen molar-refractivity contribution >= 4 is 17.2 Å². The number of carbonyl (C=O) groups excluding carboxylic acids is 1. The highest BCUT2D eigenvalue weighted by Crippen LogP contribution is 2.24. The van der Waals surface area contributed by atoms with Crippen LogP contribution in [0.4, 0.5) is 0 Å². The number of thiophene rings is 1. The van der Waals surface area contributed by atoms with Crippen LogP contribution in [-0.4, -0.2) is 22.5 Å².